The van der Waals surface area contributed by atoms with Gasteiger partial charge in [0.2, 0.25) is 10.0 Å². The zero-order valence-electron chi connectivity index (χ0n) is 18.0. The van der Waals surface area contributed by atoms with Crippen molar-refractivity contribution in [1.82, 2.24) is 24.4 Å². The summed E-state index contributed by atoms with van der Waals surface area (Å²) < 4.78 is 29.2. The Morgan fingerprint density at radius 2 is 1.78 bits per heavy atom. The van der Waals surface area contributed by atoms with Crippen molar-refractivity contribution in [3.8, 4) is 0 Å². The molecule has 32 heavy (non-hydrogen) atoms. The molecule has 1 amide bonds. The number of piperidine rings is 1. The zero-order valence-corrected chi connectivity index (χ0v) is 18.8. The average molecular weight is 454 g/mol. The second-order valence-electron chi connectivity index (χ2n) is 8.08. The van der Waals surface area contributed by atoms with Crippen LogP contribution in [0, 0.1) is 0 Å². The Morgan fingerprint density at radius 3 is 2.44 bits per heavy atom. The monoisotopic (exact) mass is 453 g/mol. The van der Waals surface area contributed by atoms with E-state index in [2.05, 4.69) is 15.4 Å². The molecular weight excluding hydrogens is 426 g/mol. The molecule has 0 unspecified atom stereocenters. The molecular formula is C23H27N5O3S. The number of rotatable bonds is 7. The number of nitrogens with one attached hydrogen (secondary N) is 1. The first-order chi connectivity index (χ1) is 15.4. The summed E-state index contributed by atoms with van der Waals surface area (Å²) in [5, 5.41) is 6.97. The van der Waals surface area contributed by atoms with Gasteiger partial charge in [0, 0.05) is 24.7 Å². The third-order valence-corrected chi connectivity index (χ3v) is 7.78. The lowest BCUT2D eigenvalue weighted by atomic mass is 10.1. The number of carbonyl (C=O) groups excluding carboxylic acids is 1. The van der Waals surface area contributed by atoms with Crippen LogP contribution in [0.4, 0.5) is 0 Å². The number of hydrogen-bond donors (Lipinski definition) is 1. The van der Waals surface area contributed by atoms with Crippen LogP contribution in [-0.4, -0.2) is 46.0 Å². The maximum Gasteiger partial charge on any atom is 0.251 e. The highest BCUT2D eigenvalue weighted by Crippen LogP contribution is 2.25. The Balaban J connectivity index is 1.35. The van der Waals surface area contributed by atoms with Crippen LogP contribution in [0.5, 0.6) is 0 Å². The van der Waals surface area contributed by atoms with Gasteiger partial charge < -0.3 is 5.32 Å². The second-order valence-corrected chi connectivity index (χ2v) is 9.97. The fourth-order valence-corrected chi connectivity index (χ4v) is 5.59. The number of hydrogen-bond acceptors (Lipinski definition) is 5. The summed E-state index contributed by atoms with van der Waals surface area (Å²) in [6.07, 6.45) is 5.97. The lowest BCUT2D eigenvalue weighted by molar-refractivity contribution is 0.0951. The van der Waals surface area contributed by atoms with Gasteiger partial charge in [0.1, 0.15) is 12.7 Å². The van der Waals surface area contributed by atoms with Gasteiger partial charge in [-0.3, -0.25) is 4.79 Å². The summed E-state index contributed by atoms with van der Waals surface area (Å²) in [4.78, 5) is 16.7. The summed E-state index contributed by atoms with van der Waals surface area (Å²) in [7, 11) is -3.54. The Kier molecular flexibility index (Phi) is 6.66. The molecule has 0 bridgehead atoms. The van der Waals surface area contributed by atoms with Gasteiger partial charge in [-0.1, -0.05) is 30.7 Å². The lowest BCUT2D eigenvalue weighted by Gasteiger charge is -2.32. The summed E-state index contributed by atoms with van der Waals surface area (Å²) in [5.41, 5.74) is 2.49. The van der Waals surface area contributed by atoms with E-state index in [1.807, 2.05) is 31.2 Å². The fraction of sp³-hybridized carbons (Fsp3) is 0.348. The van der Waals surface area contributed by atoms with Crippen molar-refractivity contribution >= 4 is 15.9 Å². The topological polar surface area (TPSA) is 97.2 Å². The van der Waals surface area contributed by atoms with Crippen molar-refractivity contribution in [2.24, 2.45) is 0 Å². The van der Waals surface area contributed by atoms with Crippen LogP contribution >= 0.6 is 0 Å². The van der Waals surface area contributed by atoms with Gasteiger partial charge in [-0.25, -0.2) is 18.1 Å². The third kappa shape index (κ3) is 5.05. The highest BCUT2D eigenvalue weighted by atomic mass is 32.2. The number of sulfonamides is 1. The van der Waals surface area contributed by atoms with E-state index in [0.29, 0.717) is 25.2 Å². The van der Waals surface area contributed by atoms with Crippen LogP contribution in [0.2, 0.25) is 0 Å². The fourth-order valence-electron chi connectivity index (χ4n) is 3.89. The van der Waals surface area contributed by atoms with Crippen molar-refractivity contribution in [1.29, 1.82) is 0 Å². The van der Waals surface area contributed by atoms with Gasteiger partial charge in [-0.2, -0.15) is 9.40 Å². The molecule has 0 saturated carbocycles. The number of benzene rings is 2. The molecule has 8 nitrogen and oxygen atoms in total. The quantitative estimate of drug-likeness (QED) is 0.593. The Morgan fingerprint density at radius 1 is 1.06 bits per heavy atom. The van der Waals surface area contributed by atoms with Gasteiger partial charge in [0.25, 0.3) is 5.91 Å². The Bertz CT molecular complexity index is 1140. The van der Waals surface area contributed by atoms with Crippen molar-refractivity contribution in [3.05, 3.63) is 77.9 Å². The highest BCUT2D eigenvalue weighted by Gasteiger charge is 2.30. The van der Waals surface area contributed by atoms with Gasteiger partial charge in [0.15, 0.2) is 0 Å². The molecule has 1 aliphatic rings. The lowest BCUT2D eigenvalue weighted by Crippen LogP contribution is -2.41. The summed E-state index contributed by atoms with van der Waals surface area (Å²) in [6.45, 7) is 3.51. The SMILES string of the molecule is C[C@@H]1CCCCN1S(=O)(=O)c1ccc(C(=O)NCc2ccc(Cn3cncn3)cc2)cc1. The largest absolute Gasteiger partial charge is 0.348 e. The van der Waals surface area contributed by atoms with E-state index in [1.54, 1.807) is 27.4 Å². The van der Waals surface area contributed by atoms with Gasteiger partial charge in [0.05, 0.1) is 11.4 Å². The van der Waals surface area contributed by atoms with E-state index in [0.717, 1.165) is 30.4 Å². The van der Waals surface area contributed by atoms with Gasteiger partial charge in [-0.05, 0) is 55.2 Å². The maximum atomic E-state index is 12.9. The minimum Gasteiger partial charge on any atom is -0.348 e. The summed E-state index contributed by atoms with van der Waals surface area (Å²) >= 11 is 0. The minimum atomic E-state index is -3.54. The van der Waals surface area contributed by atoms with E-state index >= 15 is 0 Å². The number of carbonyl (C=O) groups is 1. The number of amides is 1. The van der Waals surface area contributed by atoms with E-state index in [1.165, 1.54) is 18.5 Å². The molecule has 1 aromatic heterocycles. The third-order valence-electron chi connectivity index (χ3n) is 5.75. The Labute approximate surface area is 188 Å². The van der Waals surface area contributed by atoms with E-state index in [9.17, 15) is 13.2 Å². The van der Waals surface area contributed by atoms with Crippen LogP contribution in [0.25, 0.3) is 0 Å². The van der Waals surface area contributed by atoms with E-state index < -0.39 is 10.0 Å². The van der Waals surface area contributed by atoms with Crippen LogP contribution in [0.15, 0.2) is 66.1 Å². The summed E-state index contributed by atoms with van der Waals surface area (Å²) in [5.74, 6) is -0.244. The van der Waals surface area contributed by atoms with Crippen molar-refractivity contribution in [3.63, 3.8) is 0 Å². The van der Waals surface area contributed by atoms with Crippen LogP contribution in [0.3, 0.4) is 0 Å². The predicted octanol–water partition coefficient (Wildman–Crippen LogP) is 2.82. The smallest absolute Gasteiger partial charge is 0.251 e. The summed E-state index contributed by atoms with van der Waals surface area (Å²) in [6, 6.07) is 14.1. The van der Waals surface area contributed by atoms with Crippen LogP contribution < -0.4 is 5.32 Å². The molecule has 1 aliphatic heterocycles. The molecule has 1 atom stereocenters. The first-order valence-electron chi connectivity index (χ1n) is 10.7. The molecule has 9 heteroatoms. The normalized spacial score (nSPS) is 17.2. The molecule has 2 heterocycles. The molecule has 0 spiro atoms. The molecule has 0 aliphatic carbocycles. The van der Waals surface area contributed by atoms with Gasteiger partial charge in [-0.15, -0.1) is 0 Å². The van der Waals surface area contributed by atoms with Crippen molar-refractivity contribution < 1.29 is 13.2 Å². The minimum absolute atomic E-state index is 0.000626. The van der Waals surface area contributed by atoms with Crippen LogP contribution in [0.1, 0.15) is 47.7 Å². The van der Waals surface area contributed by atoms with Crippen molar-refractivity contribution in [2.45, 2.75) is 50.2 Å². The molecule has 168 valence electrons. The molecule has 2 aromatic carbocycles. The molecule has 1 saturated heterocycles. The predicted molar refractivity (Wildman–Crippen MR) is 120 cm³/mol. The molecule has 0 radical (unpaired) electrons. The number of nitrogens with zero attached hydrogens (tertiary/aromatic N) is 4. The zero-order chi connectivity index (χ0) is 22.6. The molecule has 1 fully saturated rings. The molecule has 3 aromatic rings. The average Bonchev–Trinajstić information content (AvgIpc) is 3.32. The maximum absolute atomic E-state index is 12.9. The molecule has 4 rings (SSSR count). The first-order valence-corrected chi connectivity index (χ1v) is 12.2. The van der Waals surface area contributed by atoms with Crippen LogP contribution in [-0.2, 0) is 23.1 Å². The van der Waals surface area contributed by atoms with Crippen molar-refractivity contribution in [2.75, 3.05) is 6.54 Å². The molecule has 1 N–H and O–H groups in total. The first kappa shape index (κ1) is 22.2. The standard InChI is InChI=1S/C23H27N5O3S/c1-18-4-2-3-13-28(18)32(30,31)22-11-9-21(10-12-22)23(29)25-14-19-5-7-20(8-6-19)15-27-17-24-16-26-27/h5-12,16-18H,2-4,13-15H2,1H3,(H,25,29)/t18-/m1/s1. The Hall–Kier alpha value is -3.04. The highest BCUT2D eigenvalue weighted by molar-refractivity contribution is 7.89. The van der Waals surface area contributed by atoms with E-state index in [-0.39, 0.29) is 16.8 Å². The second kappa shape index (κ2) is 9.62. The number of aromatic nitrogens is 3. The van der Waals surface area contributed by atoms with E-state index in [4.69, 9.17) is 0 Å². The van der Waals surface area contributed by atoms with Gasteiger partial charge >= 0.3 is 0 Å².